The van der Waals surface area contributed by atoms with Gasteiger partial charge in [0.1, 0.15) is 11.5 Å². The Hall–Kier alpha value is -3.03. The van der Waals surface area contributed by atoms with Crippen LogP contribution in [0, 0.1) is 6.92 Å². The molecule has 5 rings (SSSR count). The minimum atomic E-state index is 0.100. The molecule has 4 aromatic rings. The molecule has 0 amide bonds. The Kier molecular flexibility index (Phi) is 4.18. The molecule has 0 saturated heterocycles. The fraction of sp³-hybridized carbons (Fsp3) is 0.0769. The van der Waals surface area contributed by atoms with Crippen LogP contribution in [-0.4, -0.2) is 0 Å². The first-order chi connectivity index (χ1) is 13.7. The molecule has 0 fully saturated rings. The van der Waals surface area contributed by atoms with Crippen LogP contribution in [0.4, 0.5) is 0 Å². The van der Waals surface area contributed by atoms with E-state index in [1.165, 1.54) is 27.5 Å². The summed E-state index contributed by atoms with van der Waals surface area (Å²) in [6, 6.07) is 29.3. The van der Waals surface area contributed by atoms with Crippen molar-refractivity contribution in [1.29, 1.82) is 0 Å². The molecule has 0 N–H and O–H groups in total. The van der Waals surface area contributed by atoms with E-state index in [2.05, 4.69) is 85.8 Å². The third-order valence-electron chi connectivity index (χ3n) is 5.34. The van der Waals surface area contributed by atoms with Crippen LogP contribution >= 0.6 is 11.6 Å². The van der Waals surface area contributed by atoms with Crippen LogP contribution in [0.2, 0.25) is 5.02 Å². The smallest absolute Gasteiger partial charge is 0.132 e. The number of hydrogen-bond donors (Lipinski definition) is 0. The van der Waals surface area contributed by atoms with Crippen molar-refractivity contribution in [3.8, 4) is 5.75 Å². The standard InChI is InChI=1S/C26H19ClO/c1-17-6-8-20(9-7-17)25-16-23(19-10-13-21(27)14-11-19)26-22-5-3-2-4-18(22)12-15-24(26)28-25/h2-16,23H,1H3. The highest BCUT2D eigenvalue weighted by Gasteiger charge is 2.26. The van der Waals surface area contributed by atoms with Crippen LogP contribution in [0.15, 0.2) is 91.0 Å². The highest BCUT2D eigenvalue weighted by atomic mass is 35.5. The molecule has 2 heteroatoms. The largest absolute Gasteiger partial charge is 0.457 e. The first-order valence-corrected chi connectivity index (χ1v) is 9.81. The third-order valence-corrected chi connectivity index (χ3v) is 5.60. The van der Waals surface area contributed by atoms with Gasteiger partial charge in [-0.2, -0.15) is 0 Å². The molecule has 1 aliphatic rings. The Balaban J connectivity index is 1.73. The van der Waals surface area contributed by atoms with Gasteiger partial charge in [0.05, 0.1) is 0 Å². The number of rotatable bonds is 2. The molecule has 0 bridgehead atoms. The zero-order chi connectivity index (χ0) is 19.1. The molecular weight excluding hydrogens is 364 g/mol. The predicted octanol–water partition coefficient (Wildman–Crippen LogP) is 7.37. The Morgan fingerprint density at radius 1 is 0.786 bits per heavy atom. The van der Waals surface area contributed by atoms with Crippen LogP contribution in [0.3, 0.4) is 0 Å². The van der Waals surface area contributed by atoms with E-state index in [9.17, 15) is 0 Å². The third kappa shape index (κ3) is 2.98. The molecule has 1 heterocycles. The molecule has 0 spiro atoms. The van der Waals surface area contributed by atoms with E-state index in [0.29, 0.717) is 0 Å². The molecule has 4 aromatic carbocycles. The molecular formula is C26H19ClO. The summed E-state index contributed by atoms with van der Waals surface area (Å²) in [5.41, 5.74) is 4.73. The molecule has 0 aromatic heterocycles. The van der Waals surface area contributed by atoms with E-state index in [1.54, 1.807) is 0 Å². The van der Waals surface area contributed by atoms with Crippen LogP contribution in [0.5, 0.6) is 5.75 Å². The maximum atomic E-state index is 6.38. The lowest BCUT2D eigenvalue weighted by Gasteiger charge is -2.27. The molecule has 28 heavy (non-hydrogen) atoms. The van der Waals surface area contributed by atoms with Crippen molar-refractivity contribution in [3.63, 3.8) is 0 Å². The minimum Gasteiger partial charge on any atom is -0.457 e. The van der Waals surface area contributed by atoms with Gasteiger partial charge < -0.3 is 4.74 Å². The summed E-state index contributed by atoms with van der Waals surface area (Å²) in [6.07, 6.45) is 2.22. The minimum absolute atomic E-state index is 0.100. The van der Waals surface area contributed by atoms with Crippen LogP contribution < -0.4 is 4.74 Å². The predicted molar refractivity (Wildman–Crippen MR) is 117 cm³/mol. The Bertz CT molecular complexity index is 1190. The lowest BCUT2D eigenvalue weighted by molar-refractivity contribution is 0.494. The van der Waals surface area contributed by atoms with Crippen LogP contribution in [-0.2, 0) is 0 Å². The van der Waals surface area contributed by atoms with Crippen molar-refractivity contribution in [3.05, 3.63) is 118 Å². The highest BCUT2D eigenvalue weighted by molar-refractivity contribution is 6.30. The Morgan fingerprint density at radius 3 is 2.32 bits per heavy atom. The van der Waals surface area contributed by atoms with Gasteiger partial charge in [-0.3, -0.25) is 0 Å². The molecule has 0 saturated carbocycles. The number of halogens is 1. The fourth-order valence-corrected chi connectivity index (χ4v) is 4.00. The maximum Gasteiger partial charge on any atom is 0.132 e. The zero-order valence-electron chi connectivity index (χ0n) is 15.5. The summed E-state index contributed by atoms with van der Waals surface area (Å²) in [5, 5.41) is 3.19. The van der Waals surface area contributed by atoms with Gasteiger partial charge in [-0.05, 0) is 47.5 Å². The topological polar surface area (TPSA) is 9.23 Å². The zero-order valence-corrected chi connectivity index (χ0v) is 16.3. The van der Waals surface area contributed by atoms with Crippen molar-refractivity contribution >= 4 is 28.1 Å². The van der Waals surface area contributed by atoms with Crippen molar-refractivity contribution in [2.75, 3.05) is 0 Å². The molecule has 1 atom stereocenters. The lowest BCUT2D eigenvalue weighted by atomic mass is 9.84. The van der Waals surface area contributed by atoms with Crippen molar-refractivity contribution in [2.45, 2.75) is 12.8 Å². The van der Waals surface area contributed by atoms with Gasteiger partial charge >= 0.3 is 0 Å². The molecule has 1 nitrogen and oxygen atoms in total. The second-order valence-corrected chi connectivity index (χ2v) is 7.66. The summed E-state index contributed by atoms with van der Waals surface area (Å²) in [7, 11) is 0. The van der Waals surface area contributed by atoms with E-state index >= 15 is 0 Å². The Labute approximate surface area is 169 Å². The van der Waals surface area contributed by atoms with E-state index in [-0.39, 0.29) is 5.92 Å². The van der Waals surface area contributed by atoms with Gasteiger partial charge in [-0.25, -0.2) is 0 Å². The van der Waals surface area contributed by atoms with Gasteiger partial charge in [0, 0.05) is 22.1 Å². The summed E-state index contributed by atoms with van der Waals surface area (Å²) in [4.78, 5) is 0. The number of aryl methyl sites for hydroxylation is 1. The van der Waals surface area contributed by atoms with Crippen LogP contribution in [0.25, 0.3) is 16.5 Å². The first kappa shape index (κ1) is 17.1. The quantitative estimate of drug-likeness (QED) is 0.351. The highest BCUT2D eigenvalue weighted by Crippen LogP contribution is 2.44. The van der Waals surface area contributed by atoms with Crippen molar-refractivity contribution in [2.24, 2.45) is 0 Å². The maximum absolute atomic E-state index is 6.38. The van der Waals surface area contributed by atoms with Crippen molar-refractivity contribution < 1.29 is 4.74 Å². The number of allylic oxidation sites excluding steroid dienone is 1. The second kappa shape index (κ2) is 6.85. The molecule has 0 radical (unpaired) electrons. The summed E-state index contributed by atoms with van der Waals surface area (Å²) in [5.74, 6) is 1.91. The molecule has 1 aliphatic heterocycles. The summed E-state index contributed by atoms with van der Waals surface area (Å²) >= 11 is 6.15. The van der Waals surface area contributed by atoms with Gasteiger partial charge in [0.15, 0.2) is 0 Å². The first-order valence-electron chi connectivity index (χ1n) is 9.43. The molecule has 0 aliphatic carbocycles. The monoisotopic (exact) mass is 382 g/mol. The van der Waals surface area contributed by atoms with Crippen molar-refractivity contribution in [1.82, 2.24) is 0 Å². The van der Waals surface area contributed by atoms with Crippen LogP contribution in [0.1, 0.15) is 28.2 Å². The fourth-order valence-electron chi connectivity index (χ4n) is 3.88. The molecule has 1 unspecified atom stereocenters. The summed E-state index contributed by atoms with van der Waals surface area (Å²) in [6.45, 7) is 2.10. The van der Waals surface area contributed by atoms with Gasteiger partial charge in [0.2, 0.25) is 0 Å². The number of hydrogen-bond acceptors (Lipinski definition) is 1. The number of ether oxygens (including phenoxy) is 1. The van der Waals surface area contributed by atoms with Gasteiger partial charge in [0.25, 0.3) is 0 Å². The normalized spacial score (nSPS) is 15.6. The number of fused-ring (bicyclic) bond motifs is 3. The Morgan fingerprint density at radius 2 is 1.54 bits per heavy atom. The SMILES string of the molecule is Cc1ccc(C2=CC(c3ccc(Cl)cc3)c3c(ccc4ccccc34)O2)cc1. The summed E-state index contributed by atoms with van der Waals surface area (Å²) < 4.78 is 6.38. The van der Waals surface area contributed by atoms with E-state index in [1.807, 2.05) is 12.1 Å². The van der Waals surface area contributed by atoms with E-state index in [0.717, 1.165) is 22.1 Å². The molecule has 136 valence electrons. The van der Waals surface area contributed by atoms with Gasteiger partial charge in [-0.15, -0.1) is 0 Å². The second-order valence-electron chi connectivity index (χ2n) is 7.23. The lowest BCUT2D eigenvalue weighted by Crippen LogP contribution is -2.11. The van der Waals surface area contributed by atoms with E-state index < -0.39 is 0 Å². The number of benzene rings is 4. The average molecular weight is 383 g/mol. The van der Waals surface area contributed by atoms with Gasteiger partial charge in [-0.1, -0.05) is 83.9 Å². The average Bonchev–Trinajstić information content (AvgIpc) is 2.74. The van der Waals surface area contributed by atoms with E-state index in [4.69, 9.17) is 16.3 Å².